The standard InChI is InChI=1S/C16H24O3/c1-2-3-4-5-6-9-13(17)16-12-18-14-10-7-8-11-15(14)19-16/h7-8,10-11,13,16-17H,2-6,9,12H2,1H3. The fraction of sp³-hybridized carbons (Fsp3) is 0.625. The van der Waals surface area contributed by atoms with E-state index in [-0.39, 0.29) is 6.10 Å². The normalized spacial score (nSPS) is 19.2. The lowest BCUT2D eigenvalue weighted by Gasteiger charge is -2.29. The van der Waals surface area contributed by atoms with Crippen molar-refractivity contribution >= 4 is 0 Å². The molecule has 3 nitrogen and oxygen atoms in total. The Hall–Kier alpha value is -1.22. The molecule has 1 aromatic carbocycles. The predicted octanol–water partition coefficient (Wildman–Crippen LogP) is 3.55. The molecule has 0 aromatic heterocycles. The van der Waals surface area contributed by atoms with Crippen molar-refractivity contribution in [3.05, 3.63) is 24.3 Å². The molecule has 106 valence electrons. The van der Waals surface area contributed by atoms with E-state index in [4.69, 9.17) is 9.47 Å². The molecule has 0 bridgehead atoms. The van der Waals surface area contributed by atoms with E-state index in [9.17, 15) is 5.11 Å². The first-order valence-corrected chi connectivity index (χ1v) is 7.38. The van der Waals surface area contributed by atoms with Gasteiger partial charge in [-0.2, -0.15) is 0 Å². The van der Waals surface area contributed by atoms with E-state index in [1.54, 1.807) is 0 Å². The second-order valence-corrected chi connectivity index (χ2v) is 5.18. The van der Waals surface area contributed by atoms with Gasteiger partial charge in [0.05, 0.1) is 6.10 Å². The molecule has 1 aliphatic heterocycles. The highest BCUT2D eigenvalue weighted by molar-refractivity contribution is 5.40. The minimum absolute atomic E-state index is 0.235. The maximum Gasteiger partial charge on any atom is 0.161 e. The summed E-state index contributed by atoms with van der Waals surface area (Å²) < 4.78 is 11.4. The van der Waals surface area contributed by atoms with E-state index in [2.05, 4.69) is 6.92 Å². The molecular formula is C16H24O3. The van der Waals surface area contributed by atoms with Crippen LogP contribution in [0.4, 0.5) is 0 Å². The molecule has 1 aliphatic rings. The summed E-state index contributed by atoms with van der Waals surface area (Å²) in [6, 6.07) is 7.62. The molecule has 19 heavy (non-hydrogen) atoms. The van der Waals surface area contributed by atoms with Crippen LogP contribution in [0.25, 0.3) is 0 Å². The Morgan fingerprint density at radius 3 is 2.68 bits per heavy atom. The van der Waals surface area contributed by atoms with Gasteiger partial charge in [0.25, 0.3) is 0 Å². The van der Waals surface area contributed by atoms with Crippen LogP contribution in [0.2, 0.25) is 0 Å². The summed E-state index contributed by atoms with van der Waals surface area (Å²) in [5.41, 5.74) is 0. The first kappa shape index (κ1) is 14.2. The Kier molecular flexibility index (Phi) is 5.52. The van der Waals surface area contributed by atoms with Crippen LogP contribution in [0.5, 0.6) is 11.5 Å². The van der Waals surface area contributed by atoms with Crippen molar-refractivity contribution in [1.29, 1.82) is 0 Å². The molecular weight excluding hydrogens is 240 g/mol. The number of hydrogen-bond donors (Lipinski definition) is 1. The lowest BCUT2D eigenvalue weighted by molar-refractivity contribution is -0.0145. The molecule has 2 atom stereocenters. The minimum atomic E-state index is -0.435. The first-order chi connectivity index (χ1) is 9.31. The Morgan fingerprint density at radius 1 is 1.16 bits per heavy atom. The Bertz CT molecular complexity index is 378. The van der Waals surface area contributed by atoms with Gasteiger partial charge in [-0.05, 0) is 18.6 Å². The molecule has 0 amide bonds. The van der Waals surface area contributed by atoms with Crippen molar-refractivity contribution in [1.82, 2.24) is 0 Å². The van der Waals surface area contributed by atoms with E-state index in [0.29, 0.717) is 6.61 Å². The summed E-state index contributed by atoms with van der Waals surface area (Å²) in [5.74, 6) is 1.51. The van der Waals surface area contributed by atoms with Gasteiger partial charge in [-0.1, -0.05) is 51.2 Å². The van der Waals surface area contributed by atoms with E-state index < -0.39 is 6.10 Å². The maximum absolute atomic E-state index is 10.2. The summed E-state index contributed by atoms with van der Waals surface area (Å²) in [6.45, 7) is 2.65. The molecule has 1 heterocycles. The first-order valence-electron chi connectivity index (χ1n) is 7.38. The molecule has 0 saturated carbocycles. The number of para-hydroxylation sites is 2. The fourth-order valence-corrected chi connectivity index (χ4v) is 2.37. The van der Waals surface area contributed by atoms with Crippen molar-refractivity contribution in [2.75, 3.05) is 6.61 Å². The molecule has 3 heteroatoms. The van der Waals surface area contributed by atoms with E-state index in [1.807, 2.05) is 24.3 Å². The van der Waals surface area contributed by atoms with Gasteiger partial charge in [-0.3, -0.25) is 0 Å². The summed E-state index contributed by atoms with van der Waals surface area (Å²) in [5, 5.41) is 10.2. The van der Waals surface area contributed by atoms with Crippen LogP contribution >= 0.6 is 0 Å². The fourth-order valence-electron chi connectivity index (χ4n) is 2.37. The summed E-state index contributed by atoms with van der Waals surface area (Å²) >= 11 is 0. The van der Waals surface area contributed by atoms with Crippen LogP contribution in [0, 0.1) is 0 Å². The number of fused-ring (bicyclic) bond motifs is 1. The third kappa shape index (κ3) is 4.13. The Labute approximate surface area is 115 Å². The molecule has 0 saturated heterocycles. The molecule has 0 fully saturated rings. The third-order valence-electron chi connectivity index (χ3n) is 3.56. The van der Waals surface area contributed by atoms with Crippen LogP contribution in [0.3, 0.4) is 0 Å². The number of rotatable bonds is 7. The van der Waals surface area contributed by atoms with Crippen LogP contribution in [0.15, 0.2) is 24.3 Å². The molecule has 0 radical (unpaired) electrons. The van der Waals surface area contributed by atoms with Crippen LogP contribution in [-0.4, -0.2) is 23.9 Å². The third-order valence-corrected chi connectivity index (χ3v) is 3.56. The van der Waals surface area contributed by atoms with Crippen molar-refractivity contribution in [2.24, 2.45) is 0 Å². The topological polar surface area (TPSA) is 38.7 Å². The van der Waals surface area contributed by atoms with Crippen molar-refractivity contribution in [3.8, 4) is 11.5 Å². The molecule has 1 aromatic rings. The van der Waals surface area contributed by atoms with Gasteiger partial charge in [-0.15, -0.1) is 0 Å². The van der Waals surface area contributed by atoms with Gasteiger partial charge < -0.3 is 14.6 Å². The highest BCUT2D eigenvalue weighted by Crippen LogP contribution is 2.32. The molecule has 0 spiro atoms. The molecule has 1 N–H and O–H groups in total. The van der Waals surface area contributed by atoms with Gasteiger partial charge in [0.2, 0.25) is 0 Å². The molecule has 2 unspecified atom stereocenters. The summed E-state index contributed by atoms with van der Waals surface area (Å²) in [4.78, 5) is 0. The zero-order valence-electron chi connectivity index (χ0n) is 11.7. The minimum Gasteiger partial charge on any atom is -0.486 e. The van der Waals surface area contributed by atoms with Gasteiger partial charge in [-0.25, -0.2) is 0 Å². The zero-order valence-corrected chi connectivity index (χ0v) is 11.7. The lowest BCUT2D eigenvalue weighted by atomic mass is 10.0. The average Bonchev–Trinajstić information content (AvgIpc) is 2.46. The summed E-state index contributed by atoms with van der Waals surface area (Å²) in [7, 11) is 0. The number of ether oxygens (including phenoxy) is 2. The van der Waals surface area contributed by atoms with Gasteiger partial charge >= 0.3 is 0 Å². The smallest absolute Gasteiger partial charge is 0.161 e. The highest BCUT2D eigenvalue weighted by Gasteiger charge is 2.26. The van der Waals surface area contributed by atoms with E-state index >= 15 is 0 Å². The lowest BCUT2D eigenvalue weighted by Crippen LogP contribution is -2.39. The second-order valence-electron chi connectivity index (χ2n) is 5.18. The highest BCUT2D eigenvalue weighted by atomic mass is 16.6. The molecule has 2 rings (SSSR count). The van der Waals surface area contributed by atoms with Crippen molar-refractivity contribution in [2.45, 2.75) is 57.7 Å². The van der Waals surface area contributed by atoms with E-state index in [0.717, 1.165) is 24.3 Å². The monoisotopic (exact) mass is 264 g/mol. The number of aliphatic hydroxyl groups excluding tert-OH is 1. The quantitative estimate of drug-likeness (QED) is 0.765. The number of unbranched alkanes of at least 4 members (excludes halogenated alkanes) is 4. The van der Waals surface area contributed by atoms with Crippen molar-refractivity contribution < 1.29 is 14.6 Å². The van der Waals surface area contributed by atoms with Gasteiger partial charge in [0, 0.05) is 0 Å². The average molecular weight is 264 g/mol. The van der Waals surface area contributed by atoms with Crippen LogP contribution in [0.1, 0.15) is 45.4 Å². The zero-order chi connectivity index (χ0) is 13.5. The SMILES string of the molecule is CCCCCCCC(O)C1COc2ccccc2O1. The second kappa shape index (κ2) is 7.39. The molecule has 0 aliphatic carbocycles. The van der Waals surface area contributed by atoms with Gasteiger partial charge in [0.15, 0.2) is 17.6 Å². The van der Waals surface area contributed by atoms with E-state index in [1.165, 1.54) is 25.7 Å². The maximum atomic E-state index is 10.2. The Balaban J connectivity index is 1.74. The van der Waals surface area contributed by atoms with Crippen LogP contribution in [-0.2, 0) is 0 Å². The largest absolute Gasteiger partial charge is 0.486 e. The number of benzene rings is 1. The number of hydrogen-bond acceptors (Lipinski definition) is 3. The van der Waals surface area contributed by atoms with Gasteiger partial charge in [0.1, 0.15) is 6.61 Å². The van der Waals surface area contributed by atoms with Crippen molar-refractivity contribution in [3.63, 3.8) is 0 Å². The Morgan fingerprint density at radius 2 is 1.89 bits per heavy atom. The van der Waals surface area contributed by atoms with Crippen LogP contribution < -0.4 is 9.47 Å². The summed E-state index contributed by atoms with van der Waals surface area (Å²) in [6.07, 6.45) is 6.16. The number of aliphatic hydroxyl groups is 1. The predicted molar refractivity (Wildman–Crippen MR) is 75.7 cm³/mol.